The molecule has 1 saturated carbocycles. The summed E-state index contributed by atoms with van der Waals surface area (Å²) < 4.78 is 10.6. The van der Waals surface area contributed by atoms with Crippen LogP contribution in [0.25, 0.3) is 0 Å². The molecule has 1 aromatic heterocycles. The van der Waals surface area contributed by atoms with E-state index in [1.54, 1.807) is 26.4 Å². The van der Waals surface area contributed by atoms with Crippen LogP contribution in [0.4, 0.5) is 17.5 Å². The fourth-order valence-corrected chi connectivity index (χ4v) is 2.44. The molecule has 1 aromatic carbocycles. The third-order valence-corrected chi connectivity index (χ3v) is 3.80. The van der Waals surface area contributed by atoms with E-state index in [0.29, 0.717) is 34.2 Å². The van der Waals surface area contributed by atoms with Crippen molar-refractivity contribution in [3.8, 4) is 11.5 Å². The molecule has 0 unspecified atom stereocenters. The summed E-state index contributed by atoms with van der Waals surface area (Å²) >= 11 is 6.12. The number of ether oxygens (including phenoxy) is 2. The topological polar surface area (TPSA) is 68.3 Å². The first-order chi connectivity index (χ1) is 11.1. The molecule has 6 nitrogen and oxygen atoms in total. The number of nitrogens with zero attached hydrogens (tertiary/aromatic N) is 2. The van der Waals surface area contributed by atoms with E-state index in [-0.39, 0.29) is 0 Å². The summed E-state index contributed by atoms with van der Waals surface area (Å²) in [5, 5.41) is 7.03. The summed E-state index contributed by atoms with van der Waals surface area (Å²) in [6.45, 7) is 1.94. The molecule has 1 aliphatic carbocycles. The first-order valence-corrected chi connectivity index (χ1v) is 7.77. The normalized spacial score (nSPS) is 13.6. The molecule has 23 heavy (non-hydrogen) atoms. The van der Waals surface area contributed by atoms with Gasteiger partial charge in [0.05, 0.1) is 24.9 Å². The van der Waals surface area contributed by atoms with Gasteiger partial charge in [0.1, 0.15) is 17.3 Å². The monoisotopic (exact) mass is 334 g/mol. The zero-order valence-corrected chi connectivity index (χ0v) is 14.1. The minimum atomic E-state index is 0.483. The van der Waals surface area contributed by atoms with Crippen molar-refractivity contribution in [2.75, 3.05) is 24.9 Å². The molecule has 1 heterocycles. The fourth-order valence-electron chi connectivity index (χ4n) is 2.21. The smallest absolute Gasteiger partial charge is 0.229 e. The molecule has 0 aliphatic heterocycles. The SMILES string of the molecule is COc1cc(Nc2nc(C)cc(NC3CC3)n2)c(OC)cc1Cl. The van der Waals surface area contributed by atoms with Gasteiger partial charge >= 0.3 is 0 Å². The maximum Gasteiger partial charge on any atom is 0.229 e. The van der Waals surface area contributed by atoms with E-state index in [0.717, 1.165) is 11.5 Å². The quantitative estimate of drug-likeness (QED) is 0.838. The second-order valence-corrected chi connectivity index (χ2v) is 5.86. The number of aryl methyl sites for hydroxylation is 1. The second-order valence-electron chi connectivity index (χ2n) is 5.45. The summed E-state index contributed by atoms with van der Waals surface area (Å²) in [4.78, 5) is 8.92. The Morgan fingerprint density at radius 2 is 1.83 bits per heavy atom. The number of halogens is 1. The van der Waals surface area contributed by atoms with Gasteiger partial charge in [-0.25, -0.2) is 4.98 Å². The van der Waals surface area contributed by atoms with Crippen LogP contribution in [0.1, 0.15) is 18.5 Å². The first kappa shape index (κ1) is 15.7. The van der Waals surface area contributed by atoms with Crippen molar-refractivity contribution < 1.29 is 9.47 Å². The van der Waals surface area contributed by atoms with Crippen LogP contribution < -0.4 is 20.1 Å². The molecule has 0 bridgehead atoms. The lowest BCUT2D eigenvalue weighted by Crippen LogP contribution is -2.07. The molecule has 0 amide bonds. The maximum atomic E-state index is 6.12. The molecule has 1 fully saturated rings. The Balaban J connectivity index is 1.89. The lowest BCUT2D eigenvalue weighted by atomic mass is 10.2. The summed E-state index contributed by atoms with van der Waals surface area (Å²) in [5.41, 5.74) is 1.57. The van der Waals surface area contributed by atoms with E-state index in [1.807, 2.05) is 13.0 Å². The summed E-state index contributed by atoms with van der Waals surface area (Å²) in [6, 6.07) is 5.92. The van der Waals surface area contributed by atoms with Gasteiger partial charge in [0.25, 0.3) is 0 Å². The summed E-state index contributed by atoms with van der Waals surface area (Å²) in [5.74, 6) is 2.47. The lowest BCUT2D eigenvalue weighted by molar-refractivity contribution is 0.405. The van der Waals surface area contributed by atoms with E-state index in [2.05, 4.69) is 20.6 Å². The van der Waals surface area contributed by atoms with Gasteiger partial charge in [0.2, 0.25) is 5.95 Å². The standard InChI is InChI=1S/C16H19ClN4O2/c1-9-6-15(19-10-4-5-10)21-16(18-9)20-12-8-13(22-2)11(17)7-14(12)23-3/h6-8,10H,4-5H2,1-3H3,(H2,18,19,20,21). The Morgan fingerprint density at radius 1 is 1.09 bits per heavy atom. The van der Waals surface area contributed by atoms with E-state index in [1.165, 1.54) is 12.8 Å². The van der Waals surface area contributed by atoms with Crippen LogP contribution in [0, 0.1) is 6.92 Å². The van der Waals surface area contributed by atoms with Crippen molar-refractivity contribution in [2.45, 2.75) is 25.8 Å². The number of methoxy groups -OCH3 is 2. The number of aromatic nitrogens is 2. The molecule has 3 rings (SSSR count). The van der Waals surface area contributed by atoms with Crippen molar-refractivity contribution in [1.82, 2.24) is 9.97 Å². The van der Waals surface area contributed by atoms with E-state index in [9.17, 15) is 0 Å². The van der Waals surface area contributed by atoms with Crippen LogP contribution in [-0.4, -0.2) is 30.2 Å². The van der Waals surface area contributed by atoms with E-state index >= 15 is 0 Å². The number of benzene rings is 1. The van der Waals surface area contributed by atoms with Crippen LogP contribution in [-0.2, 0) is 0 Å². The van der Waals surface area contributed by atoms with E-state index in [4.69, 9.17) is 21.1 Å². The zero-order valence-electron chi connectivity index (χ0n) is 13.3. The van der Waals surface area contributed by atoms with E-state index < -0.39 is 0 Å². The average Bonchev–Trinajstić information content (AvgIpc) is 3.32. The van der Waals surface area contributed by atoms with Gasteiger partial charge in [-0.1, -0.05) is 11.6 Å². The van der Waals surface area contributed by atoms with Crippen molar-refractivity contribution in [3.63, 3.8) is 0 Å². The highest BCUT2D eigenvalue weighted by atomic mass is 35.5. The molecular weight excluding hydrogens is 316 g/mol. The molecule has 0 radical (unpaired) electrons. The van der Waals surface area contributed by atoms with Gasteiger partial charge in [0, 0.05) is 29.9 Å². The number of hydrogen-bond acceptors (Lipinski definition) is 6. The Labute approximate surface area is 140 Å². The molecule has 1 aliphatic rings. The second kappa shape index (κ2) is 6.50. The molecule has 0 spiro atoms. The Kier molecular flexibility index (Phi) is 4.43. The maximum absolute atomic E-state index is 6.12. The molecule has 2 aromatic rings. The van der Waals surface area contributed by atoms with Crippen LogP contribution in [0.5, 0.6) is 11.5 Å². The first-order valence-electron chi connectivity index (χ1n) is 7.40. The Bertz CT molecular complexity index is 719. The Hall–Kier alpha value is -2.21. The van der Waals surface area contributed by atoms with Gasteiger partial charge in [-0.15, -0.1) is 0 Å². The highest BCUT2D eigenvalue weighted by molar-refractivity contribution is 6.32. The highest BCUT2D eigenvalue weighted by Crippen LogP contribution is 2.37. The summed E-state index contributed by atoms with van der Waals surface area (Å²) in [7, 11) is 3.15. The van der Waals surface area contributed by atoms with Crippen LogP contribution >= 0.6 is 11.6 Å². The lowest BCUT2D eigenvalue weighted by Gasteiger charge is -2.14. The summed E-state index contributed by atoms with van der Waals surface area (Å²) in [6.07, 6.45) is 2.38. The third-order valence-electron chi connectivity index (χ3n) is 3.50. The number of anilines is 3. The molecule has 0 saturated heterocycles. The van der Waals surface area contributed by atoms with Crippen molar-refractivity contribution >= 4 is 29.1 Å². The predicted molar refractivity (Wildman–Crippen MR) is 91.3 cm³/mol. The van der Waals surface area contributed by atoms with Crippen molar-refractivity contribution in [1.29, 1.82) is 0 Å². The van der Waals surface area contributed by atoms with Crippen LogP contribution in [0.15, 0.2) is 18.2 Å². The minimum Gasteiger partial charge on any atom is -0.495 e. The average molecular weight is 335 g/mol. The molecular formula is C16H19ClN4O2. The highest BCUT2D eigenvalue weighted by Gasteiger charge is 2.21. The molecule has 0 atom stereocenters. The zero-order chi connectivity index (χ0) is 16.4. The predicted octanol–water partition coefficient (Wildman–Crippen LogP) is 3.77. The van der Waals surface area contributed by atoms with Gasteiger partial charge < -0.3 is 20.1 Å². The van der Waals surface area contributed by atoms with Gasteiger partial charge in [-0.3, -0.25) is 0 Å². The van der Waals surface area contributed by atoms with Crippen molar-refractivity contribution in [3.05, 3.63) is 28.9 Å². The Morgan fingerprint density at radius 3 is 2.48 bits per heavy atom. The number of rotatable bonds is 6. The van der Waals surface area contributed by atoms with Crippen molar-refractivity contribution in [2.24, 2.45) is 0 Å². The number of hydrogen-bond donors (Lipinski definition) is 2. The van der Waals surface area contributed by atoms with Gasteiger partial charge in [-0.2, -0.15) is 4.98 Å². The molecule has 2 N–H and O–H groups in total. The van der Waals surface area contributed by atoms with Gasteiger partial charge in [-0.05, 0) is 19.8 Å². The van der Waals surface area contributed by atoms with Gasteiger partial charge in [0.15, 0.2) is 0 Å². The van der Waals surface area contributed by atoms with Crippen LogP contribution in [0.3, 0.4) is 0 Å². The minimum absolute atomic E-state index is 0.483. The number of nitrogens with one attached hydrogen (secondary N) is 2. The molecule has 122 valence electrons. The van der Waals surface area contributed by atoms with Crippen LogP contribution in [0.2, 0.25) is 5.02 Å². The fraction of sp³-hybridized carbons (Fsp3) is 0.375. The molecule has 7 heteroatoms. The largest absolute Gasteiger partial charge is 0.495 e. The third kappa shape index (κ3) is 3.76.